The number of hydrogen-bond donors (Lipinski definition) is 0. The van der Waals surface area contributed by atoms with Gasteiger partial charge >= 0.3 is 0 Å². The van der Waals surface area contributed by atoms with Crippen molar-refractivity contribution in [2.45, 2.75) is 39.5 Å². The molecule has 0 bridgehead atoms. The molecule has 0 N–H and O–H groups in total. The van der Waals surface area contributed by atoms with Gasteiger partial charge in [0, 0.05) is 25.7 Å². The molecule has 1 aromatic heterocycles. The largest absolute Gasteiger partial charge is 0.372 e. The highest BCUT2D eigenvalue weighted by molar-refractivity contribution is 8.26. The fourth-order valence-electron chi connectivity index (χ4n) is 4.48. The van der Waals surface area contributed by atoms with E-state index in [1.54, 1.807) is 24.9 Å². The van der Waals surface area contributed by atoms with Gasteiger partial charge in [-0.05, 0) is 38.0 Å². The Balaban J connectivity index is 1.80. The van der Waals surface area contributed by atoms with Crippen LogP contribution >= 0.6 is 24.0 Å². The molecule has 9 heteroatoms. The van der Waals surface area contributed by atoms with Crippen LogP contribution in [0, 0.1) is 18.3 Å². The lowest BCUT2D eigenvalue weighted by Gasteiger charge is -2.38. The molecule has 2 aliphatic rings. The van der Waals surface area contributed by atoms with E-state index in [-0.39, 0.29) is 29.2 Å². The normalized spacial score (nSPS) is 21.9. The number of thiocarbonyl (C=S) groups is 1. The Bertz CT molecular complexity index is 1270. The van der Waals surface area contributed by atoms with Crippen molar-refractivity contribution in [2.24, 2.45) is 7.05 Å². The van der Waals surface area contributed by atoms with E-state index in [1.807, 2.05) is 50.2 Å². The number of anilines is 1. The Morgan fingerprint density at radius 3 is 2.47 bits per heavy atom. The molecule has 4 rings (SSSR count). The summed E-state index contributed by atoms with van der Waals surface area (Å²) in [4.78, 5) is 30.4. The van der Waals surface area contributed by atoms with E-state index in [2.05, 4.69) is 4.90 Å². The number of rotatable bonds is 4. The summed E-state index contributed by atoms with van der Waals surface area (Å²) >= 11 is 6.76. The van der Waals surface area contributed by atoms with Crippen LogP contribution in [0.15, 0.2) is 40.0 Å². The predicted octanol–water partition coefficient (Wildman–Crippen LogP) is 3.58. The van der Waals surface area contributed by atoms with Crippen LogP contribution in [0.25, 0.3) is 6.08 Å². The quantitative estimate of drug-likeness (QED) is 0.475. The summed E-state index contributed by atoms with van der Waals surface area (Å²) in [5, 5.41) is 9.68. The molecule has 7 nitrogen and oxygen atoms in total. The van der Waals surface area contributed by atoms with Crippen molar-refractivity contribution in [3.63, 3.8) is 0 Å². The van der Waals surface area contributed by atoms with Gasteiger partial charge in [-0.1, -0.05) is 54.3 Å². The molecule has 0 radical (unpaired) electrons. The first-order valence-electron chi connectivity index (χ1n) is 11.0. The number of amides is 1. The number of pyridine rings is 1. The highest BCUT2D eigenvalue weighted by atomic mass is 32.2. The minimum Gasteiger partial charge on any atom is -0.372 e. The monoisotopic (exact) mass is 494 g/mol. The van der Waals surface area contributed by atoms with Gasteiger partial charge in [-0.2, -0.15) is 5.26 Å². The highest BCUT2D eigenvalue weighted by Crippen LogP contribution is 2.36. The zero-order valence-corrected chi connectivity index (χ0v) is 21.2. The Kier molecular flexibility index (Phi) is 6.94. The summed E-state index contributed by atoms with van der Waals surface area (Å²) in [5.41, 5.74) is 1.95. The number of nitriles is 1. The molecule has 34 heavy (non-hydrogen) atoms. The fourth-order valence-corrected chi connectivity index (χ4v) is 5.72. The van der Waals surface area contributed by atoms with Gasteiger partial charge in [-0.25, -0.2) is 0 Å². The lowest BCUT2D eigenvalue weighted by molar-refractivity contribution is -0.122. The molecule has 1 amide bonds. The SMILES string of the molecule is Cc1c(C=C2SC(=S)N(Cc3ccccc3)C2=O)c(N2CC(C)OC(C)C2)n(C)c(=O)c1C#N. The van der Waals surface area contributed by atoms with Crippen LogP contribution in [0.2, 0.25) is 0 Å². The topological polar surface area (TPSA) is 78.6 Å². The van der Waals surface area contributed by atoms with Crippen molar-refractivity contribution in [3.8, 4) is 6.07 Å². The molecule has 0 aliphatic carbocycles. The Labute approximate surface area is 208 Å². The van der Waals surface area contributed by atoms with E-state index in [0.717, 1.165) is 5.56 Å². The molecule has 0 saturated carbocycles. The maximum atomic E-state index is 13.3. The summed E-state index contributed by atoms with van der Waals surface area (Å²) in [7, 11) is 1.67. The summed E-state index contributed by atoms with van der Waals surface area (Å²) in [6.07, 6.45) is 1.73. The van der Waals surface area contributed by atoms with Crippen LogP contribution in [0.1, 0.15) is 36.1 Å². The number of carbonyl (C=O) groups is 1. The van der Waals surface area contributed by atoms with Gasteiger partial charge in [0.05, 0.1) is 23.7 Å². The molecule has 2 aliphatic heterocycles. The smallest absolute Gasteiger partial charge is 0.270 e. The van der Waals surface area contributed by atoms with Crippen LogP contribution < -0.4 is 10.5 Å². The zero-order valence-electron chi connectivity index (χ0n) is 19.6. The summed E-state index contributed by atoms with van der Waals surface area (Å²) in [5.74, 6) is 0.497. The van der Waals surface area contributed by atoms with Crippen LogP contribution in [-0.4, -0.2) is 45.0 Å². The molecule has 176 valence electrons. The van der Waals surface area contributed by atoms with E-state index < -0.39 is 0 Å². The van der Waals surface area contributed by atoms with Gasteiger partial charge in [0.1, 0.15) is 21.8 Å². The lowest BCUT2D eigenvalue weighted by Crippen LogP contribution is -2.47. The summed E-state index contributed by atoms with van der Waals surface area (Å²) in [6, 6.07) is 11.7. The average Bonchev–Trinajstić information content (AvgIpc) is 3.05. The first-order valence-corrected chi connectivity index (χ1v) is 12.3. The standard InChI is InChI=1S/C25H26N4O3S2/c1-15-12-28(13-16(2)32-15)22-19(17(3)20(11-26)23(30)27(22)4)10-21-24(31)29(25(33)34-21)14-18-8-6-5-7-9-18/h5-10,15-16H,12-14H2,1-4H3. The highest BCUT2D eigenvalue weighted by Gasteiger charge is 2.34. The van der Waals surface area contributed by atoms with E-state index in [1.165, 1.54) is 16.3 Å². The second kappa shape index (κ2) is 9.74. The van der Waals surface area contributed by atoms with Gasteiger partial charge in [-0.3, -0.25) is 19.1 Å². The number of ether oxygens (including phenoxy) is 1. The minimum atomic E-state index is -0.351. The van der Waals surface area contributed by atoms with Gasteiger partial charge in [0.25, 0.3) is 11.5 Å². The molecule has 2 saturated heterocycles. The van der Waals surface area contributed by atoms with Gasteiger partial charge in [0.2, 0.25) is 0 Å². The Morgan fingerprint density at radius 2 is 1.85 bits per heavy atom. The van der Waals surface area contributed by atoms with Crippen LogP contribution in [0.4, 0.5) is 5.82 Å². The lowest BCUT2D eigenvalue weighted by atomic mass is 10.0. The number of nitrogens with zero attached hydrogens (tertiary/aromatic N) is 4. The van der Waals surface area contributed by atoms with Crippen LogP contribution in [-0.2, 0) is 23.1 Å². The molecule has 3 heterocycles. The first-order chi connectivity index (χ1) is 16.2. The third kappa shape index (κ3) is 4.53. The van der Waals surface area contributed by atoms with Crippen molar-refractivity contribution in [2.75, 3.05) is 18.0 Å². The third-order valence-corrected chi connectivity index (χ3v) is 7.40. The third-order valence-electron chi connectivity index (χ3n) is 6.02. The summed E-state index contributed by atoms with van der Waals surface area (Å²) in [6.45, 7) is 7.33. The van der Waals surface area contributed by atoms with Crippen molar-refractivity contribution >= 4 is 46.1 Å². The first kappa shape index (κ1) is 24.2. The number of hydrogen-bond acceptors (Lipinski definition) is 7. The molecule has 0 spiro atoms. The van der Waals surface area contributed by atoms with E-state index in [4.69, 9.17) is 17.0 Å². The number of thioether (sulfide) groups is 1. The van der Waals surface area contributed by atoms with Gasteiger partial charge < -0.3 is 9.64 Å². The van der Waals surface area contributed by atoms with Crippen molar-refractivity contribution in [1.82, 2.24) is 9.47 Å². The zero-order chi connectivity index (χ0) is 24.6. The number of benzene rings is 1. The second-order valence-electron chi connectivity index (χ2n) is 8.63. The minimum absolute atomic E-state index is 0.0215. The van der Waals surface area contributed by atoms with E-state index in [0.29, 0.717) is 45.8 Å². The molecular weight excluding hydrogens is 468 g/mol. The summed E-state index contributed by atoms with van der Waals surface area (Å²) < 4.78 is 7.87. The van der Waals surface area contributed by atoms with Crippen LogP contribution in [0.3, 0.4) is 0 Å². The van der Waals surface area contributed by atoms with Crippen molar-refractivity contribution in [1.29, 1.82) is 5.26 Å². The van der Waals surface area contributed by atoms with Crippen molar-refractivity contribution in [3.05, 3.63) is 67.8 Å². The molecule has 1 aromatic carbocycles. The molecule has 2 atom stereocenters. The van der Waals surface area contributed by atoms with Gasteiger partial charge in [-0.15, -0.1) is 0 Å². The Hall–Kier alpha value is -2.93. The number of morpholine rings is 1. The maximum absolute atomic E-state index is 13.3. The molecule has 2 aromatic rings. The molecule has 2 unspecified atom stereocenters. The number of carbonyl (C=O) groups excluding carboxylic acids is 1. The van der Waals surface area contributed by atoms with E-state index in [9.17, 15) is 14.9 Å². The Morgan fingerprint density at radius 1 is 1.21 bits per heavy atom. The van der Waals surface area contributed by atoms with Crippen molar-refractivity contribution < 1.29 is 9.53 Å². The second-order valence-corrected chi connectivity index (χ2v) is 10.3. The molecular formula is C25H26N4O3S2. The maximum Gasteiger partial charge on any atom is 0.270 e. The number of aromatic nitrogens is 1. The fraction of sp³-hybridized carbons (Fsp3) is 0.360. The molecule has 2 fully saturated rings. The average molecular weight is 495 g/mol. The van der Waals surface area contributed by atoms with Gasteiger partial charge in [0.15, 0.2) is 0 Å². The van der Waals surface area contributed by atoms with Crippen LogP contribution in [0.5, 0.6) is 0 Å². The predicted molar refractivity (Wildman–Crippen MR) is 139 cm³/mol. The van der Waals surface area contributed by atoms with E-state index >= 15 is 0 Å².